The predicted octanol–water partition coefficient (Wildman–Crippen LogP) is 8.77. The van der Waals surface area contributed by atoms with Crippen LogP contribution in [0.15, 0.2) is 94.6 Å². The molecular weight excluding hydrogens is 717 g/mol. The molecule has 0 unspecified atom stereocenters. The molecule has 4 aromatic carbocycles. The van der Waals surface area contributed by atoms with Gasteiger partial charge in [-0.15, -0.1) is 5.10 Å². The Morgan fingerprint density at radius 1 is 0.840 bits per heavy atom. The van der Waals surface area contributed by atoms with Gasteiger partial charge in [0, 0.05) is 29.2 Å². The molecule has 0 aliphatic carbocycles. The standard InChI is InChI=1S/C37H38Cl3N5O4S/c1-3-5-9-21-41-28-18-20-32(40)33(23-28)45-37(47)44(35(42-45)12-6-4-2)24-25-13-15-26(16-14-25)29-10-7-8-11-34(29)50(48,49)43-36(46)30-22-27(38)17-19-31(30)39/h7-8,10-11,13-20,22-23,41H,3-6,9,12,21,24H2,1-2H3,(H,43,46). The number of nitrogens with zero attached hydrogens (tertiary/aromatic N) is 3. The summed E-state index contributed by atoms with van der Waals surface area (Å²) < 4.78 is 32.0. The number of benzene rings is 4. The van der Waals surface area contributed by atoms with Gasteiger partial charge in [-0.2, -0.15) is 4.68 Å². The van der Waals surface area contributed by atoms with Gasteiger partial charge in [-0.25, -0.2) is 17.9 Å². The van der Waals surface area contributed by atoms with Gasteiger partial charge in [-0.1, -0.05) is 110 Å². The van der Waals surface area contributed by atoms with Crippen LogP contribution < -0.4 is 15.7 Å². The van der Waals surface area contributed by atoms with Crippen molar-refractivity contribution in [3.05, 3.63) is 127 Å². The molecule has 2 N–H and O–H groups in total. The number of unbranched alkanes of at least 4 members (excludes halogenated alkanes) is 3. The van der Waals surface area contributed by atoms with Gasteiger partial charge in [-0.3, -0.25) is 9.36 Å². The quantitative estimate of drug-likeness (QED) is 0.103. The summed E-state index contributed by atoms with van der Waals surface area (Å²) in [5.41, 5.74) is 2.81. The first-order valence-electron chi connectivity index (χ1n) is 16.5. The molecule has 0 aliphatic heterocycles. The van der Waals surface area contributed by atoms with Crippen LogP contribution in [0, 0.1) is 0 Å². The lowest BCUT2D eigenvalue weighted by atomic mass is 10.0. The minimum atomic E-state index is -4.31. The zero-order chi connectivity index (χ0) is 35.8. The summed E-state index contributed by atoms with van der Waals surface area (Å²) in [6, 6.07) is 23.4. The highest BCUT2D eigenvalue weighted by Crippen LogP contribution is 2.29. The van der Waals surface area contributed by atoms with Crippen molar-refractivity contribution in [1.29, 1.82) is 0 Å². The fraction of sp³-hybridized carbons (Fsp3) is 0.270. The lowest BCUT2D eigenvalue weighted by Crippen LogP contribution is -2.31. The molecule has 0 saturated heterocycles. The molecule has 1 heterocycles. The molecule has 0 saturated carbocycles. The number of amides is 1. The number of aryl methyl sites for hydroxylation is 1. The van der Waals surface area contributed by atoms with E-state index in [4.69, 9.17) is 39.9 Å². The molecule has 5 rings (SSSR count). The van der Waals surface area contributed by atoms with Crippen molar-refractivity contribution in [3.63, 3.8) is 0 Å². The third kappa shape index (κ3) is 8.79. The van der Waals surface area contributed by atoms with Gasteiger partial charge >= 0.3 is 5.69 Å². The summed E-state index contributed by atoms with van der Waals surface area (Å²) in [7, 11) is -4.31. The molecule has 9 nitrogen and oxygen atoms in total. The fourth-order valence-electron chi connectivity index (χ4n) is 5.48. The van der Waals surface area contributed by atoms with Gasteiger partial charge in [0.2, 0.25) is 0 Å². The summed E-state index contributed by atoms with van der Waals surface area (Å²) in [5.74, 6) is -0.256. The first kappa shape index (κ1) is 37.2. The number of hydrogen-bond acceptors (Lipinski definition) is 6. The van der Waals surface area contributed by atoms with Crippen LogP contribution in [0.4, 0.5) is 5.69 Å². The third-order valence-electron chi connectivity index (χ3n) is 8.16. The van der Waals surface area contributed by atoms with Gasteiger partial charge in [0.1, 0.15) is 5.82 Å². The lowest BCUT2D eigenvalue weighted by molar-refractivity contribution is 0.0981. The van der Waals surface area contributed by atoms with Crippen LogP contribution in [0.2, 0.25) is 15.1 Å². The number of rotatable bonds is 15. The van der Waals surface area contributed by atoms with Gasteiger partial charge < -0.3 is 5.32 Å². The van der Waals surface area contributed by atoms with Crippen molar-refractivity contribution in [2.75, 3.05) is 11.9 Å². The molecule has 0 fully saturated rings. The number of halogens is 3. The van der Waals surface area contributed by atoms with E-state index in [9.17, 15) is 18.0 Å². The van der Waals surface area contributed by atoms with Gasteiger partial charge in [0.05, 0.1) is 32.7 Å². The van der Waals surface area contributed by atoms with Gasteiger partial charge in [0.15, 0.2) is 0 Å². The normalized spacial score (nSPS) is 11.5. The zero-order valence-electron chi connectivity index (χ0n) is 27.8. The molecule has 1 amide bonds. The van der Waals surface area contributed by atoms with Crippen LogP contribution in [0.3, 0.4) is 0 Å². The number of aromatic nitrogens is 3. The van der Waals surface area contributed by atoms with Crippen molar-refractivity contribution >= 4 is 56.4 Å². The van der Waals surface area contributed by atoms with Crippen LogP contribution in [-0.4, -0.2) is 35.2 Å². The minimum Gasteiger partial charge on any atom is -0.385 e. The van der Waals surface area contributed by atoms with Crippen LogP contribution in [-0.2, 0) is 23.0 Å². The van der Waals surface area contributed by atoms with Gasteiger partial charge in [-0.05, 0) is 66.4 Å². The fourth-order valence-corrected chi connectivity index (χ4v) is 7.25. The van der Waals surface area contributed by atoms with E-state index >= 15 is 0 Å². The summed E-state index contributed by atoms with van der Waals surface area (Å²) >= 11 is 18.7. The maximum atomic E-state index is 13.9. The Kier molecular flexibility index (Phi) is 12.4. The average Bonchev–Trinajstić information content (AvgIpc) is 3.41. The van der Waals surface area contributed by atoms with E-state index in [1.807, 2.05) is 24.3 Å². The summed E-state index contributed by atoms with van der Waals surface area (Å²) in [5, 5.41) is 8.86. The number of nitrogens with one attached hydrogen (secondary N) is 2. The number of sulfonamides is 1. The van der Waals surface area contributed by atoms with Crippen LogP contribution in [0.1, 0.15) is 67.7 Å². The van der Waals surface area contributed by atoms with Crippen LogP contribution in [0.5, 0.6) is 0 Å². The number of anilines is 1. The van der Waals surface area contributed by atoms with Crippen molar-refractivity contribution in [2.24, 2.45) is 0 Å². The second-order valence-corrected chi connectivity index (χ2v) is 14.8. The van der Waals surface area contributed by atoms with E-state index in [1.165, 1.54) is 28.9 Å². The van der Waals surface area contributed by atoms with Crippen molar-refractivity contribution < 1.29 is 13.2 Å². The van der Waals surface area contributed by atoms with E-state index in [-0.39, 0.29) is 32.7 Å². The Morgan fingerprint density at radius 2 is 1.56 bits per heavy atom. The molecular formula is C37H38Cl3N5O4S. The number of carbonyl (C=O) groups is 1. The van der Waals surface area contributed by atoms with Gasteiger partial charge in [0.25, 0.3) is 15.9 Å². The molecule has 5 aromatic rings. The first-order chi connectivity index (χ1) is 24.0. The van der Waals surface area contributed by atoms with Crippen molar-refractivity contribution in [3.8, 4) is 16.8 Å². The van der Waals surface area contributed by atoms with E-state index in [1.54, 1.807) is 41.0 Å². The first-order valence-corrected chi connectivity index (χ1v) is 19.1. The van der Waals surface area contributed by atoms with Crippen molar-refractivity contribution in [2.45, 2.75) is 63.8 Å². The minimum absolute atomic E-state index is 0.0597. The number of hydrogen-bond donors (Lipinski definition) is 2. The molecule has 50 heavy (non-hydrogen) atoms. The smallest absolute Gasteiger partial charge is 0.351 e. The monoisotopic (exact) mass is 753 g/mol. The molecule has 1 aromatic heterocycles. The molecule has 0 atom stereocenters. The second-order valence-electron chi connectivity index (χ2n) is 11.9. The third-order valence-corrected chi connectivity index (χ3v) is 10.4. The Balaban J connectivity index is 1.41. The Hall–Kier alpha value is -4.09. The summed E-state index contributed by atoms with van der Waals surface area (Å²) in [6.45, 7) is 5.31. The topological polar surface area (TPSA) is 115 Å². The highest BCUT2D eigenvalue weighted by Gasteiger charge is 2.24. The van der Waals surface area contributed by atoms with E-state index in [0.717, 1.165) is 49.9 Å². The molecule has 0 aliphatic rings. The molecule has 13 heteroatoms. The van der Waals surface area contributed by atoms with Crippen molar-refractivity contribution in [1.82, 2.24) is 19.1 Å². The van der Waals surface area contributed by atoms with Crippen LogP contribution >= 0.6 is 34.8 Å². The second kappa shape index (κ2) is 16.7. The Labute approximate surface area is 307 Å². The summed E-state index contributed by atoms with van der Waals surface area (Å²) in [4.78, 5) is 26.7. The maximum Gasteiger partial charge on any atom is 0.351 e. The Morgan fingerprint density at radius 3 is 2.30 bits per heavy atom. The lowest BCUT2D eigenvalue weighted by Gasteiger charge is -2.13. The molecule has 0 radical (unpaired) electrons. The highest BCUT2D eigenvalue weighted by molar-refractivity contribution is 7.90. The highest BCUT2D eigenvalue weighted by atomic mass is 35.5. The molecule has 262 valence electrons. The number of carbonyl (C=O) groups excluding carboxylic acids is 1. The molecule has 0 spiro atoms. The average molecular weight is 755 g/mol. The predicted molar refractivity (Wildman–Crippen MR) is 202 cm³/mol. The largest absolute Gasteiger partial charge is 0.385 e. The Bertz CT molecular complexity index is 2150. The van der Waals surface area contributed by atoms with E-state index in [0.29, 0.717) is 34.1 Å². The SMILES string of the molecule is CCCCCNc1ccc(Cl)c(-n2nc(CCCC)n(Cc3ccc(-c4ccccc4S(=O)(=O)NC(=O)c4cc(Cl)ccc4Cl)cc3)c2=O)c1. The van der Waals surface area contributed by atoms with E-state index < -0.39 is 15.9 Å². The van der Waals surface area contributed by atoms with Crippen LogP contribution in [0.25, 0.3) is 16.8 Å². The zero-order valence-corrected chi connectivity index (χ0v) is 30.8. The molecule has 0 bridgehead atoms. The van der Waals surface area contributed by atoms with E-state index in [2.05, 4.69) is 23.9 Å². The maximum absolute atomic E-state index is 13.9. The summed E-state index contributed by atoms with van der Waals surface area (Å²) in [6.07, 6.45) is 5.70.